The van der Waals surface area contributed by atoms with Gasteiger partial charge >= 0.3 is 12.1 Å². The van der Waals surface area contributed by atoms with Crippen LogP contribution in [0, 0.1) is 0 Å². The molecule has 26 heavy (non-hydrogen) atoms. The Morgan fingerprint density at radius 2 is 1.50 bits per heavy atom. The number of urea groups is 1. The summed E-state index contributed by atoms with van der Waals surface area (Å²) >= 11 is 0. The first kappa shape index (κ1) is 19.6. The molecule has 0 unspecified atom stereocenters. The summed E-state index contributed by atoms with van der Waals surface area (Å²) in [5.41, 5.74) is 0.614. The molecule has 0 bridgehead atoms. The van der Waals surface area contributed by atoms with Crippen LogP contribution in [0.3, 0.4) is 0 Å². The number of carbonyl (C=O) groups is 3. The van der Waals surface area contributed by atoms with Crippen LogP contribution >= 0.6 is 0 Å². The largest absolute Gasteiger partial charge is 0.444 e. The van der Waals surface area contributed by atoms with Gasteiger partial charge < -0.3 is 25.2 Å². The normalized spacial score (nSPS) is 14.6. The summed E-state index contributed by atoms with van der Waals surface area (Å²) in [7, 11) is 1.53. The maximum atomic E-state index is 12.6. The lowest BCUT2D eigenvalue weighted by Crippen LogP contribution is -2.51. The van der Waals surface area contributed by atoms with E-state index in [-0.39, 0.29) is 18.0 Å². The number of piperazine rings is 1. The zero-order chi connectivity index (χ0) is 19.3. The van der Waals surface area contributed by atoms with Crippen molar-refractivity contribution >= 4 is 23.7 Å². The number of hydrogen-bond donors (Lipinski definition) is 2. The van der Waals surface area contributed by atoms with E-state index in [1.807, 2.05) is 20.8 Å². The van der Waals surface area contributed by atoms with Crippen molar-refractivity contribution in [3.05, 3.63) is 29.8 Å². The number of ether oxygens (including phenoxy) is 1. The van der Waals surface area contributed by atoms with Crippen LogP contribution in [0.1, 0.15) is 31.1 Å². The minimum absolute atomic E-state index is 0.0969. The number of anilines is 1. The van der Waals surface area contributed by atoms with E-state index in [4.69, 9.17) is 4.74 Å². The van der Waals surface area contributed by atoms with Gasteiger partial charge in [-0.25, -0.2) is 9.59 Å². The predicted molar refractivity (Wildman–Crippen MR) is 98.2 cm³/mol. The lowest BCUT2D eigenvalue weighted by molar-refractivity contribution is 0.0141. The number of rotatable bonds is 2. The van der Waals surface area contributed by atoms with Gasteiger partial charge in [0.1, 0.15) is 5.60 Å². The molecule has 0 spiro atoms. The lowest BCUT2D eigenvalue weighted by atomic mass is 10.1. The molecule has 8 heteroatoms. The molecule has 0 aromatic heterocycles. The number of nitrogens with zero attached hydrogens (tertiary/aromatic N) is 2. The SMILES string of the molecule is CNC(=O)Nc1ccc(C(=O)N2CCN(C(=O)OC(C)(C)C)CC2)cc1. The highest BCUT2D eigenvalue weighted by molar-refractivity contribution is 5.95. The van der Waals surface area contributed by atoms with Gasteiger partial charge in [-0.05, 0) is 45.0 Å². The third-order valence-electron chi connectivity index (χ3n) is 3.84. The van der Waals surface area contributed by atoms with Crippen LogP contribution in [0.15, 0.2) is 24.3 Å². The molecule has 0 atom stereocenters. The van der Waals surface area contributed by atoms with Crippen LogP contribution in [-0.2, 0) is 4.74 Å². The first-order chi connectivity index (χ1) is 12.2. The Morgan fingerprint density at radius 1 is 0.962 bits per heavy atom. The minimum Gasteiger partial charge on any atom is -0.444 e. The standard InChI is InChI=1S/C18H26N4O4/c1-18(2,3)26-17(25)22-11-9-21(10-12-22)15(23)13-5-7-14(8-6-13)20-16(24)19-4/h5-8H,9-12H2,1-4H3,(H2,19,20,24). The van der Waals surface area contributed by atoms with E-state index in [0.717, 1.165) is 0 Å². The number of hydrogen-bond acceptors (Lipinski definition) is 4. The average Bonchev–Trinajstić information content (AvgIpc) is 2.60. The summed E-state index contributed by atoms with van der Waals surface area (Å²) in [4.78, 5) is 39.3. The Balaban J connectivity index is 1.90. The van der Waals surface area contributed by atoms with E-state index in [9.17, 15) is 14.4 Å². The van der Waals surface area contributed by atoms with Gasteiger partial charge in [0.25, 0.3) is 5.91 Å². The maximum absolute atomic E-state index is 12.6. The van der Waals surface area contributed by atoms with Crippen molar-refractivity contribution in [2.75, 3.05) is 38.5 Å². The van der Waals surface area contributed by atoms with Gasteiger partial charge in [-0.2, -0.15) is 0 Å². The third-order valence-corrected chi connectivity index (χ3v) is 3.84. The molecule has 1 aliphatic rings. The first-order valence-electron chi connectivity index (χ1n) is 8.55. The summed E-state index contributed by atoms with van der Waals surface area (Å²) in [6.07, 6.45) is -0.353. The number of benzene rings is 1. The topological polar surface area (TPSA) is 91.0 Å². The summed E-state index contributed by atoms with van der Waals surface area (Å²) in [6, 6.07) is 6.39. The third kappa shape index (κ3) is 5.37. The molecule has 8 nitrogen and oxygen atoms in total. The number of nitrogens with one attached hydrogen (secondary N) is 2. The zero-order valence-electron chi connectivity index (χ0n) is 15.7. The van der Waals surface area contributed by atoms with Crippen LogP contribution in [0.5, 0.6) is 0 Å². The second-order valence-electron chi connectivity index (χ2n) is 7.04. The Hall–Kier alpha value is -2.77. The molecule has 2 rings (SSSR count). The quantitative estimate of drug-likeness (QED) is 0.843. The van der Waals surface area contributed by atoms with Crippen LogP contribution < -0.4 is 10.6 Å². The van der Waals surface area contributed by atoms with E-state index in [2.05, 4.69) is 10.6 Å². The van der Waals surface area contributed by atoms with Crippen LogP contribution in [-0.4, -0.2) is 66.7 Å². The molecule has 0 radical (unpaired) electrons. The number of carbonyl (C=O) groups excluding carboxylic acids is 3. The molecule has 1 aliphatic heterocycles. The molecule has 1 aromatic rings. The van der Waals surface area contributed by atoms with E-state index in [0.29, 0.717) is 37.4 Å². The van der Waals surface area contributed by atoms with Gasteiger partial charge in [-0.3, -0.25) is 4.79 Å². The highest BCUT2D eigenvalue weighted by atomic mass is 16.6. The average molecular weight is 362 g/mol. The summed E-state index contributed by atoms with van der Waals surface area (Å²) < 4.78 is 5.36. The Labute approximate surface area is 153 Å². The molecule has 2 N–H and O–H groups in total. The van der Waals surface area contributed by atoms with Crippen molar-refractivity contribution in [1.82, 2.24) is 15.1 Å². The van der Waals surface area contributed by atoms with E-state index >= 15 is 0 Å². The van der Waals surface area contributed by atoms with Gasteiger partial charge in [0.15, 0.2) is 0 Å². The Bertz CT molecular complexity index is 659. The van der Waals surface area contributed by atoms with Crippen LogP contribution in [0.2, 0.25) is 0 Å². The smallest absolute Gasteiger partial charge is 0.410 e. The van der Waals surface area contributed by atoms with Gasteiger partial charge in [0, 0.05) is 44.5 Å². The molecule has 4 amide bonds. The summed E-state index contributed by atoms with van der Waals surface area (Å²) in [5.74, 6) is -0.0969. The minimum atomic E-state index is -0.533. The maximum Gasteiger partial charge on any atom is 0.410 e. The Morgan fingerprint density at radius 3 is 2.00 bits per heavy atom. The van der Waals surface area contributed by atoms with Crippen molar-refractivity contribution < 1.29 is 19.1 Å². The van der Waals surface area contributed by atoms with Gasteiger partial charge in [-0.1, -0.05) is 0 Å². The molecule has 1 saturated heterocycles. The second kappa shape index (κ2) is 8.07. The highest BCUT2D eigenvalue weighted by Gasteiger charge is 2.28. The van der Waals surface area contributed by atoms with Crippen molar-refractivity contribution in [3.63, 3.8) is 0 Å². The fraction of sp³-hybridized carbons (Fsp3) is 0.500. The molecule has 0 aliphatic carbocycles. The van der Waals surface area contributed by atoms with E-state index in [1.54, 1.807) is 34.1 Å². The van der Waals surface area contributed by atoms with Crippen LogP contribution in [0.25, 0.3) is 0 Å². The lowest BCUT2D eigenvalue weighted by Gasteiger charge is -2.35. The highest BCUT2D eigenvalue weighted by Crippen LogP contribution is 2.15. The Kier molecular flexibility index (Phi) is 6.07. The van der Waals surface area contributed by atoms with Gasteiger partial charge in [-0.15, -0.1) is 0 Å². The molecule has 0 saturated carbocycles. The summed E-state index contributed by atoms with van der Waals surface area (Å²) in [6.45, 7) is 7.27. The molecular formula is C18H26N4O4. The monoisotopic (exact) mass is 362 g/mol. The van der Waals surface area contributed by atoms with Gasteiger partial charge in [0.05, 0.1) is 0 Å². The molecule has 1 heterocycles. The fourth-order valence-corrected chi connectivity index (χ4v) is 2.49. The van der Waals surface area contributed by atoms with Gasteiger partial charge in [0.2, 0.25) is 0 Å². The predicted octanol–water partition coefficient (Wildman–Crippen LogP) is 2.13. The molecule has 142 valence electrons. The van der Waals surface area contributed by atoms with Crippen LogP contribution in [0.4, 0.5) is 15.3 Å². The van der Waals surface area contributed by atoms with Crippen molar-refractivity contribution in [2.45, 2.75) is 26.4 Å². The van der Waals surface area contributed by atoms with Crippen molar-refractivity contribution in [1.29, 1.82) is 0 Å². The number of amides is 4. The van der Waals surface area contributed by atoms with E-state index in [1.165, 1.54) is 7.05 Å². The second-order valence-corrected chi connectivity index (χ2v) is 7.04. The first-order valence-corrected chi connectivity index (χ1v) is 8.55. The summed E-state index contributed by atoms with van der Waals surface area (Å²) in [5, 5.41) is 5.10. The van der Waals surface area contributed by atoms with Crippen molar-refractivity contribution in [3.8, 4) is 0 Å². The fourth-order valence-electron chi connectivity index (χ4n) is 2.49. The van der Waals surface area contributed by atoms with E-state index < -0.39 is 5.60 Å². The van der Waals surface area contributed by atoms with Crippen molar-refractivity contribution in [2.24, 2.45) is 0 Å². The molecule has 1 aromatic carbocycles. The molecule has 1 fully saturated rings. The zero-order valence-corrected chi connectivity index (χ0v) is 15.7. The molecular weight excluding hydrogens is 336 g/mol.